The van der Waals surface area contributed by atoms with Gasteiger partial charge in [0.15, 0.2) is 5.65 Å². The zero-order valence-corrected chi connectivity index (χ0v) is 9.52. The first-order valence-electron chi connectivity index (χ1n) is 5.49. The van der Waals surface area contributed by atoms with Crippen LogP contribution in [-0.2, 0) is 6.18 Å². The smallest absolute Gasteiger partial charge is 0.355 e. The molecular formula is C10H10F3N5. The van der Waals surface area contributed by atoms with Gasteiger partial charge >= 0.3 is 6.18 Å². The lowest BCUT2D eigenvalue weighted by Crippen LogP contribution is -2.22. The van der Waals surface area contributed by atoms with Crippen LogP contribution in [0, 0.1) is 0 Å². The third-order valence-corrected chi connectivity index (χ3v) is 2.96. The number of aromatic nitrogens is 4. The number of nitrogens with zero attached hydrogens (tertiary/aromatic N) is 5. The van der Waals surface area contributed by atoms with Crippen LogP contribution in [0.1, 0.15) is 18.7 Å². The van der Waals surface area contributed by atoms with Crippen molar-refractivity contribution < 1.29 is 13.2 Å². The predicted octanol–water partition coefficient (Wildman–Crippen LogP) is 1.74. The van der Waals surface area contributed by atoms with Crippen molar-refractivity contribution in [2.24, 2.45) is 0 Å². The Labute approximate surface area is 100 Å². The van der Waals surface area contributed by atoms with Crippen LogP contribution < -0.4 is 4.90 Å². The lowest BCUT2D eigenvalue weighted by atomic mass is 10.4. The minimum absolute atomic E-state index is 0.0928. The summed E-state index contributed by atoms with van der Waals surface area (Å²) in [6.45, 7) is 0. The first-order valence-corrected chi connectivity index (χ1v) is 5.49. The molecule has 0 saturated heterocycles. The maximum absolute atomic E-state index is 12.7. The molecular weight excluding hydrogens is 247 g/mol. The molecule has 18 heavy (non-hydrogen) atoms. The summed E-state index contributed by atoms with van der Waals surface area (Å²) < 4.78 is 38.8. The van der Waals surface area contributed by atoms with Gasteiger partial charge in [-0.15, -0.1) is 15.3 Å². The molecule has 0 aromatic carbocycles. The van der Waals surface area contributed by atoms with E-state index in [2.05, 4.69) is 15.3 Å². The van der Waals surface area contributed by atoms with E-state index in [1.807, 2.05) is 11.9 Å². The molecule has 0 N–H and O–H groups in total. The topological polar surface area (TPSA) is 46.3 Å². The normalized spacial score (nSPS) is 16.2. The molecule has 3 rings (SSSR count). The van der Waals surface area contributed by atoms with E-state index >= 15 is 0 Å². The highest BCUT2D eigenvalue weighted by atomic mass is 19.4. The molecule has 8 heteroatoms. The van der Waals surface area contributed by atoms with E-state index in [1.165, 1.54) is 6.07 Å². The fraction of sp³-hybridized carbons (Fsp3) is 0.500. The highest BCUT2D eigenvalue weighted by Crippen LogP contribution is 2.30. The van der Waals surface area contributed by atoms with E-state index in [1.54, 1.807) is 6.07 Å². The number of halogens is 3. The Morgan fingerprint density at radius 1 is 1.28 bits per heavy atom. The highest BCUT2D eigenvalue weighted by molar-refractivity contribution is 5.46. The van der Waals surface area contributed by atoms with Crippen LogP contribution in [-0.4, -0.2) is 32.9 Å². The molecule has 1 aliphatic rings. The molecule has 5 nitrogen and oxygen atoms in total. The first kappa shape index (κ1) is 11.2. The molecule has 0 unspecified atom stereocenters. The highest BCUT2D eigenvalue weighted by Gasteiger charge is 2.38. The summed E-state index contributed by atoms with van der Waals surface area (Å²) in [4.78, 5) is 1.87. The zero-order chi connectivity index (χ0) is 12.9. The first-order chi connectivity index (χ1) is 8.47. The number of hydrogen-bond acceptors (Lipinski definition) is 4. The summed E-state index contributed by atoms with van der Waals surface area (Å²) in [5, 5.41) is 10.6. The molecule has 2 aromatic rings. The van der Waals surface area contributed by atoms with Crippen LogP contribution in [0.15, 0.2) is 12.1 Å². The summed E-state index contributed by atoms with van der Waals surface area (Å²) in [7, 11) is 1.82. The van der Waals surface area contributed by atoms with Crippen LogP contribution in [0.2, 0.25) is 0 Å². The van der Waals surface area contributed by atoms with E-state index in [-0.39, 0.29) is 5.65 Å². The molecule has 2 heterocycles. The Morgan fingerprint density at radius 3 is 2.61 bits per heavy atom. The summed E-state index contributed by atoms with van der Waals surface area (Å²) in [5.41, 5.74) is 0.0928. The SMILES string of the molecule is CN(c1ccc2nnc(C(F)(F)F)n2n1)C1CC1. The molecule has 0 amide bonds. The fourth-order valence-corrected chi connectivity index (χ4v) is 1.79. The molecule has 1 saturated carbocycles. The van der Waals surface area contributed by atoms with Crippen molar-refractivity contribution in [2.75, 3.05) is 11.9 Å². The van der Waals surface area contributed by atoms with E-state index < -0.39 is 12.0 Å². The van der Waals surface area contributed by atoms with Crippen LogP contribution in [0.25, 0.3) is 5.65 Å². The van der Waals surface area contributed by atoms with Crippen molar-refractivity contribution >= 4 is 11.5 Å². The maximum Gasteiger partial charge on any atom is 0.453 e. The monoisotopic (exact) mass is 257 g/mol. The van der Waals surface area contributed by atoms with Crippen molar-refractivity contribution in [3.63, 3.8) is 0 Å². The van der Waals surface area contributed by atoms with Gasteiger partial charge in [0.25, 0.3) is 5.82 Å². The fourth-order valence-electron chi connectivity index (χ4n) is 1.79. The summed E-state index contributed by atoms with van der Waals surface area (Å²) in [5.74, 6) is -0.598. The molecule has 96 valence electrons. The van der Waals surface area contributed by atoms with E-state index in [9.17, 15) is 13.2 Å². The third kappa shape index (κ3) is 1.77. The molecule has 1 fully saturated rings. The lowest BCUT2D eigenvalue weighted by Gasteiger charge is -2.17. The van der Waals surface area contributed by atoms with Gasteiger partial charge in [-0.25, -0.2) is 0 Å². The second-order valence-electron chi connectivity index (χ2n) is 4.32. The van der Waals surface area contributed by atoms with Gasteiger partial charge in [-0.1, -0.05) is 0 Å². The lowest BCUT2D eigenvalue weighted by molar-refractivity contribution is -0.146. The van der Waals surface area contributed by atoms with Crippen LogP contribution >= 0.6 is 0 Å². The van der Waals surface area contributed by atoms with Crippen molar-refractivity contribution in [1.29, 1.82) is 0 Å². The van der Waals surface area contributed by atoms with Gasteiger partial charge in [0.2, 0.25) is 0 Å². The average Bonchev–Trinajstić information content (AvgIpc) is 3.05. The maximum atomic E-state index is 12.7. The molecule has 0 bridgehead atoms. The van der Waals surface area contributed by atoms with Crippen molar-refractivity contribution in [3.8, 4) is 0 Å². The minimum atomic E-state index is -4.55. The van der Waals surface area contributed by atoms with Gasteiger partial charge in [0.1, 0.15) is 5.82 Å². The zero-order valence-electron chi connectivity index (χ0n) is 9.52. The Bertz CT molecular complexity index is 587. The van der Waals surface area contributed by atoms with Gasteiger partial charge in [-0.3, -0.25) is 0 Å². The Morgan fingerprint density at radius 2 is 2.00 bits per heavy atom. The summed E-state index contributed by atoms with van der Waals surface area (Å²) in [6, 6.07) is 3.52. The second kappa shape index (κ2) is 3.56. The second-order valence-corrected chi connectivity index (χ2v) is 4.32. The molecule has 1 aliphatic carbocycles. The molecule has 0 atom stereocenters. The largest absolute Gasteiger partial charge is 0.453 e. The standard InChI is InChI=1S/C10H10F3N5/c1-17(6-2-3-6)8-5-4-7-14-15-9(10(11,12)13)18(7)16-8/h4-6H,2-3H2,1H3. The summed E-state index contributed by atoms with van der Waals surface area (Å²) in [6.07, 6.45) is -2.46. The van der Waals surface area contributed by atoms with Crippen LogP contribution in [0.5, 0.6) is 0 Å². The van der Waals surface area contributed by atoms with Gasteiger partial charge < -0.3 is 4.90 Å². The molecule has 0 aliphatic heterocycles. The van der Waals surface area contributed by atoms with Gasteiger partial charge in [-0.05, 0) is 25.0 Å². The van der Waals surface area contributed by atoms with Crippen molar-refractivity contribution in [3.05, 3.63) is 18.0 Å². The van der Waals surface area contributed by atoms with E-state index in [4.69, 9.17) is 0 Å². The van der Waals surface area contributed by atoms with Crippen LogP contribution in [0.3, 0.4) is 0 Å². The average molecular weight is 257 g/mol. The summed E-state index contributed by atoms with van der Waals surface area (Å²) >= 11 is 0. The van der Waals surface area contributed by atoms with Gasteiger partial charge in [0, 0.05) is 13.1 Å². The number of alkyl halides is 3. The molecule has 0 spiro atoms. The number of anilines is 1. The Balaban J connectivity index is 2.09. The molecule has 0 radical (unpaired) electrons. The van der Waals surface area contributed by atoms with Crippen LogP contribution in [0.4, 0.5) is 19.0 Å². The van der Waals surface area contributed by atoms with Crippen molar-refractivity contribution in [1.82, 2.24) is 19.8 Å². The molecule has 2 aromatic heterocycles. The number of rotatable bonds is 2. The Kier molecular flexibility index (Phi) is 2.23. The van der Waals surface area contributed by atoms with Gasteiger partial charge in [-0.2, -0.15) is 17.7 Å². The number of hydrogen-bond donors (Lipinski definition) is 0. The predicted molar refractivity (Wildman–Crippen MR) is 57.2 cm³/mol. The minimum Gasteiger partial charge on any atom is -0.355 e. The number of fused-ring (bicyclic) bond motifs is 1. The van der Waals surface area contributed by atoms with E-state index in [0.29, 0.717) is 11.9 Å². The third-order valence-electron chi connectivity index (χ3n) is 2.96. The van der Waals surface area contributed by atoms with E-state index in [0.717, 1.165) is 17.4 Å². The Hall–Kier alpha value is -1.86. The van der Waals surface area contributed by atoms with Gasteiger partial charge in [0.05, 0.1) is 0 Å². The van der Waals surface area contributed by atoms with Crippen molar-refractivity contribution in [2.45, 2.75) is 25.1 Å². The quantitative estimate of drug-likeness (QED) is 0.822.